The smallest absolute Gasteiger partial charge is 0.147 e. The number of hydrogen-bond acceptors (Lipinski definition) is 4. The van der Waals surface area contributed by atoms with E-state index in [1.807, 2.05) is 18.5 Å². The Morgan fingerprint density at radius 1 is 1.35 bits per heavy atom. The summed E-state index contributed by atoms with van der Waals surface area (Å²) in [6.07, 6.45) is 0. The number of thiophene rings is 1. The Kier molecular flexibility index (Phi) is 3.91. The highest BCUT2D eigenvalue weighted by molar-refractivity contribution is 7.10. The second-order valence-electron chi connectivity index (χ2n) is 4.13. The summed E-state index contributed by atoms with van der Waals surface area (Å²) in [6.45, 7) is 8.79. The van der Waals surface area contributed by atoms with Gasteiger partial charge in [0, 0.05) is 18.0 Å². The molecule has 5 heteroatoms. The minimum absolute atomic E-state index is 0.844. The van der Waals surface area contributed by atoms with Gasteiger partial charge in [0.1, 0.15) is 11.6 Å². The second kappa shape index (κ2) is 5.42. The van der Waals surface area contributed by atoms with Gasteiger partial charge in [-0.15, -0.1) is 11.3 Å². The first kappa shape index (κ1) is 12.3. The lowest BCUT2D eigenvalue weighted by atomic mass is 10.3. The largest absolute Gasteiger partial charge is 0.310 e. The van der Waals surface area contributed by atoms with Crippen LogP contribution in [0.5, 0.6) is 0 Å². The van der Waals surface area contributed by atoms with Crippen molar-refractivity contribution in [3.63, 3.8) is 0 Å². The molecule has 17 heavy (non-hydrogen) atoms. The normalized spacial score (nSPS) is 11.0. The predicted molar refractivity (Wildman–Crippen MR) is 70.3 cm³/mol. The molecule has 1 N–H and O–H groups in total. The summed E-state index contributed by atoms with van der Waals surface area (Å²) in [4.78, 5) is 5.69. The van der Waals surface area contributed by atoms with Gasteiger partial charge in [-0.25, -0.2) is 9.67 Å². The van der Waals surface area contributed by atoms with E-state index in [9.17, 15) is 0 Å². The molecule has 2 rings (SSSR count). The highest BCUT2D eigenvalue weighted by atomic mass is 32.1. The summed E-state index contributed by atoms with van der Waals surface area (Å²) in [7, 11) is 0. The first-order chi connectivity index (χ1) is 8.16. The van der Waals surface area contributed by atoms with Gasteiger partial charge < -0.3 is 5.32 Å². The fourth-order valence-electron chi connectivity index (χ4n) is 1.75. The van der Waals surface area contributed by atoms with Crippen molar-refractivity contribution in [2.24, 2.45) is 0 Å². The minimum atomic E-state index is 0.844. The highest BCUT2D eigenvalue weighted by Crippen LogP contribution is 2.14. The molecule has 0 saturated heterocycles. The maximum absolute atomic E-state index is 4.33. The van der Waals surface area contributed by atoms with E-state index < -0.39 is 0 Å². The zero-order valence-electron chi connectivity index (χ0n) is 10.5. The topological polar surface area (TPSA) is 42.7 Å². The van der Waals surface area contributed by atoms with E-state index in [0.29, 0.717) is 0 Å². The molecule has 0 bridgehead atoms. The van der Waals surface area contributed by atoms with Crippen LogP contribution in [-0.2, 0) is 13.1 Å². The summed E-state index contributed by atoms with van der Waals surface area (Å²) < 4.78 is 1.95. The van der Waals surface area contributed by atoms with Crippen LogP contribution in [-0.4, -0.2) is 21.3 Å². The lowest BCUT2D eigenvalue weighted by Gasteiger charge is -2.05. The van der Waals surface area contributed by atoms with Crippen LogP contribution in [0.2, 0.25) is 0 Å². The quantitative estimate of drug-likeness (QED) is 0.826. The Balaban J connectivity index is 1.77. The number of nitrogens with one attached hydrogen (secondary N) is 1. The molecule has 4 nitrogen and oxygen atoms in total. The van der Waals surface area contributed by atoms with Gasteiger partial charge >= 0.3 is 0 Å². The van der Waals surface area contributed by atoms with Crippen LogP contribution in [0.1, 0.15) is 22.1 Å². The Bertz CT molecular complexity index is 486. The van der Waals surface area contributed by atoms with Gasteiger partial charge in [-0.05, 0) is 37.8 Å². The third kappa shape index (κ3) is 3.14. The summed E-state index contributed by atoms with van der Waals surface area (Å²) in [5.41, 5.74) is 1.37. The molecule has 0 atom stereocenters. The third-order valence-electron chi connectivity index (χ3n) is 2.72. The zero-order chi connectivity index (χ0) is 12.3. The molecule has 0 aliphatic heterocycles. The van der Waals surface area contributed by atoms with Crippen LogP contribution in [0, 0.1) is 20.8 Å². The highest BCUT2D eigenvalue weighted by Gasteiger charge is 2.02. The lowest BCUT2D eigenvalue weighted by molar-refractivity contribution is 0.542. The molecule has 92 valence electrons. The van der Waals surface area contributed by atoms with Gasteiger partial charge in [-0.3, -0.25) is 0 Å². The van der Waals surface area contributed by atoms with E-state index in [-0.39, 0.29) is 0 Å². The molecule has 0 unspecified atom stereocenters. The summed E-state index contributed by atoms with van der Waals surface area (Å²) in [6, 6.07) is 2.16. The van der Waals surface area contributed by atoms with E-state index in [1.54, 1.807) is 11.3 Å². The number of aromatic nitrogens is 3. The molecule has 0 aliphatic rings. The minimum Gasteiger partial charge on any atom is -0.310 e. The average molecular weight is 250 g/mol. The van der Waals surface area contributed by atoms with Crippen LogP contribution < -0.4 is 5.32 Å². The molecule has 2 aromatic rings. The van der Waals surface area contributed by atoms with Crippen LogP contribution >= 0.6 is 11.3 Å². The van der Waals surface area contributed by atoms with Crippen LogP contribution in [0.25, 0.3) is 0 Å². The average Bonchev–Trinajstić information content (AvgIpc) is 2.81. The molecule has 0 saturated carbocycles. The van der Waals surface area contributed by atoms with E-state index in [1.165, 1.54) is 10.4 Å². The molecule has 2 aromatic heterocycles. The lowest BCUT2D eigenvalue weighted by Crippen LogP contribution is -2.20. The van der Waals surface area contributed by atoms with Crippen molar-refractivity contribution in [2.75, 3.05) is 6.54 Å². The van der Waals surface area contributed by atoms with E-state index in [0.717, 1.165) is 31.3 Å². The number of aryl methyl sites for hydroxylation is 3. The number of nitrogens with zero attached hydrogens (tertiary/aromatic N) is 3. The first-order valence-corrected chi connectivity index (χ1v) is 6.66. The predicted octanol–water partition coefficient (Wildman–Crippen LogP) is 2.05. The summed E-state index contributed by atoms with van der Waals surface area (Å²) in [5, 5.41) is 9.90. The van der Waals surface area contributed by atoms with Crippen molar-refractivity contribution in [3.8, 4) is 0 Å². The SMILES string of the molecule is Cc1nc(C)n(CCNCc2sccc2C)n1. The van der Waals surface area contributed by atoms with Gasteiger partial charge in [0.05, 0.1) is 6.54 Å². The van der Waals surface area contributed by atoms with Crippen molar-refractivity contribution in [1.82, 2.24) is 20.1 Å². The molecule has 0 amide bonds. The zero-order valence-corrected chi connectivity index (χ0v) is 11.3. The van der Waals surface area contributed by atoms with Crippen molar-refractivity contribution >= 4 is 11.3 Å². The Hall–Kier alpha value is -1.20. The molecule has 0 fully saturated rings. The number of rotatable bonds is 5. The number of hydrogen-bond donors (Lipinski definition) is 1. The first-order valence-electron chi connectivity index (χ1n) is 5.78. The monoisotopic (exact) mass is 250 g/mol. The van der Waals surface area contributed by atoms with Gasteiger partial charge in [-0.1, -0.05) is 0 Å². The fourth-order valence-corrected chi connectivity index (χ4v) is 2.62. The van der Waals surface area contributed by atoms with Gasteiger partial charge in [0.15, 0.2) is 0 Å². The van der Waals surface area contributed by atoms with Crippen molar-refractivity contribution < 1.29 is 0 Å². The summed E-state index contributed by atoms with van der Waals surface area (Å²) in [5.74, 6) is 1.83. The second-order valence-corrected chi connectivity index (χ2v) is 5.13. The molecule has 0 spiro atoms. The Labute approximate surface area is 106 Å². The molecule has 0 aliphatic carbocycles. The van der Waals surface area contributed by atoms with Gasteiger partial charge in [0.2, 0.25) is 0 Å². The van der Waals surface area contributed by atoms with Crippen LogP contribution in [0.3, 0.4) is 0 Å². The maximum Gasteiger partial charge on any atom is 0.147 e. The van der Waals surface area contributed by atoms with Crippen molar-refractivity contribution in [2.45, 2.75) is 33.9 Å². The molecular formula is C12H18N4S. The summed E-state index contributed by atoms with van der Waals surface area (Å²) >= 11 is 1.81. The van der Waals surface area contributed by atoms with E-state index >= 15 is 0 Å². The van der Waals surface area contributed by atoms with E-state index in [2.05, 4.69) is 33.8 Å². The molecule has 2 heterocycles. The van der Waals surface area contributed by atoms with Crippen molar-refractivity contribution in [3.05, 3.63) is 33.5 Å². The molecular weight excluding hydrogens is 232 g/mol. The standard InChI is InChI=1S/C12H18N4S/c1-9-4-7-17-12(9)8-13-5-6-16-11(3)14-10(2)15-16/h4,7,13H,5-6,8H2,1-3H3. The molecule has 0 aromatic carbocycles. The van der Waals surface area contributed by atoms with Gasteiger partial charge in [-0.2, -0.15) is 5.10 Å². The van der Waals surface area contributed by atoms with Crippen LogP contribution in [0.4, 0.5) is 0 Å². The third-order valence-corrected chi connectivity index (χ3v) is 3.74. The maximum atomic E-state index is 4.33. The molecule has 0 radical (unpaired) electrons. The Morgan fingerprint density at radius 2 is 2.18 bits per heavy atom. The fraction of sp³-hybridized carbons (Fsp3) is 0.500. The van der Waals surface area contributed by atoms with Crippen LogP contribution in [0.15, 0.2) is 11.4 Å². The van der Waals surface area contributed by atoms with E-state index in [4.69, 9.17) is 0 Å². The Morgan fingerprint density at radius 3 is 2.76 bits per heavy atom. The van der Waals surface area contributed by atoms with Crippen molar-refractivity contribution in [1.29, 1.82) is 0 Å². The van der Waals surface area contributed by atoms with Gasteiger partial charge in [0.25, 0.3) is 0 Å².